The number of benzene rings is 1. The molecule has 0 spiro atoms. The summed E-state index contributed by atoms with van der Waals surface area (Å²) in [5.74, 6) is 3.95. The van der Waals surface area contributed by atoms with Gasteiger partial charge in [-0.05, 0) is 104 Å². The quantitative estimate of drug-likeness (QED) is 0.511. The van der Waals surface area contributed by atoms with E-state index in [1.54, 1.807) is 14.0 Å². The molecule has 0 aliphatic heterocycles. The lowest BCUT2D eigenvalue weighted by Gasteiger charge is -2.60. The van der Waals surface area contributed by atoms with Gasteiger partial charge in [0.1, 0.15) is 11.9 Å². The number of rotatable bonds is 3. The molecule has 1 aromatic rings. The highest BCUT2D eigenvalue weighted by Crippen LogP contribution is 2.66. The number of fused-ring (bicyclic) bond motifs is 5. The summed E-state index contributed by atoms with van der Waals surface area (Å²) in [4.78, 5) is 11.7. The van der Waals surface area contributed by atoms with Crippen LogP contribution in [0.4, 0.5) is 0 Å². The van der Waals surface area contributed by atoms with Gasteiger partial charge in [-0.15, -0.1) is 0 Å². The molecule has 0 bridgehead atoms. The maximum absolute atomic E-state index is 11.7. The van der Waals surface area contributed by atoms with E-state index in [9.17, 15) is 4.79 Å². The average Bonchev–Trinajstić information content (AvgIpc) is 3.09. The van der Waals surface area contributed by atoms with Crippen LogP contribution in [-0.4, -0.2) is 19.2 Å². The SMILES string of the molecule is COc1ccc(C2=CC[C@@]3(C)[C@H](CC[C@H]4[C@@H]3CC[C@]3(C)[C@H](OC(C)=O)CC[C@@H]43)C2)cc1. The molecule has 3 heteroatoms. The zero-order valence-electron chi connectivity index (χ0n) is 19.7. The number of carbonyl (C=O) groups excluding carboxylic acids is 1. The summed E-state index contributed by atoms with van der Waals surface area (Å²) in [6.07, 6.45) is 12.6. The Bertz CT molecular complexity index is 871. The van der Waals surface area contributed by atoms with E-state index in [-0.39, 0.29) is 17.5 Å². The Kier molecular flexibility index (Phi) is 5.22. The molecule has 3 nitrogen and oxygen atoms in total. The van der Waals surface area contributed by atoms with E-state index >= 15 is 0 Å². The van der Waals surface area contributed by atoms with Crippen molar-refractivity contribution in [3.63, 3.8) is 0 Å². The van der Waals surface area contributed by atoms with Crippen LogP contribution in [0.3, 0.4) is 0 Å². The van der Waals surface area contributed by atoms with Gasteiger partial charge in [0.15, 0.2) is 0 Å². The Morgan fingerprint density at radius 3 is 2.42 bits per heavy atom. The fourth-order valence-corrected chi connectivity index (χ4v) is 8.27. The van der Waals surface area contributed by atoms with Crippen LogP contribution in [0.15, 0.2) is 30.3 Å². The summed E-state index contributed by atoms with van der Waals surface area (Å²) in [5.41, 5.74) is 3.50. The molecular formula is C28H38O3. The summed E-state index contributed by atoms with van der Waals surface area (Å²) < 4.78 is 11.2. The second kappa shape index (κ2) is 7.67. The minimum Gasteiger partial charge on any atom is -0.497 e. The third-order valence-corrected chi connectivity index (χ3v) is 10.0. The van der Waals surface area contributed by atoms with Gasteiger partial charge in [-0.2, -0.15) is 0 Å². The van der Waals surface area contributed by atoms with Crippen molar-refractivity contribution in [2.75, 3.05) is 7.11 Å². The van der Waals surface area contributed by atoms with Crippen molar-refractivity contribution < 1.29 is 14.3 Å². The van der Waals surface area contributed by atoms with Gasteiger partial charge in [0.05, 0.1) is 7.11 Å². The number of methoxy groups -OCH3 is 1. The fraction of sp³-hybridized carbons (Fsp3) is 0.679. The Labute approximate surface area is 187 Å². The van der Waals surface area contributed by atoms with E-state index in [1.165, 1.54) is 56.1 Å². The smallest absolute Gasteiger partial charge is 0.302 e. The van der Waals surface area contributed by atoms with Crippen LogP contribution in [0.25, 0.3) is 5.57 Å². The van der Waals surface area contributed by atoms with Crippen molar-refractivity contribution >= 4 is 11.5 Å². The molecule has 4 aliphatic carbocycles. The van der Waals surface area contributed by atoms with E-state index in [4.69, 9.17) is 9.47 Å². The molecule has 0 aromatic heterocycles. The lowest BCUT2D eigenvalue weighted by Crippen LogP contribution is -2.53. The molecule has 5 rings (SSSR count). The first-order valence-corrected chi connectivity index (χ1v) is 12.4. The average molecular weight is 423 g/mol. The van der Waals surface area contributed by atoms with Gasteiger partial charge >= 0.3 is 5.97 Å². The summed E-state index contributed by atoms with van der Waals surface area (Å²) in [6, 6.07) is 8.61. The molecule has 3 fully saturated rings. The van der Waals surface area contributed by atoms with Gasteiger partial charge in [0.2, 0.25) is 0 Å². The van der Waals surface area contributed by atoms with Gasteiger partial charge in [0, 0.05) is 12.3 Å². The predicted octanol–water partition coefficient (Wildman–Crippen LogP) is 6.66. The molecule has 0 amide bonds. The zero-order valence-corrected chi connectivity index (χ0v) is 19.7. The van der Waals surface area contributed by atoms with Gasteiger partial charge in [0.25, 0.3) is 0 Å². The Balaban J connectivity index is 1.36. The van der Waals surface area contributed by atoms with Crippen molar-refractivity contribution in [1.29, 1.82) is 0 Å². The standard InChI is InChI=1S/C28H38O3/c1-18(29)31-26-12-11-24-23-10-7-21-17-20(19-5-8-22(30-4)9-6-19)13-15-27(21,2)25(23)14-16-28(24,26)3/h5-6,8-9,13,21,23-26H,7,10-12,14-17H2,1-4H3/t21-,23-,24+,25+,26-,27+,28+/m1/s1. The van der Waals surface area contributed by atoms with Crippen LogP contribution in [0, 0.1) is 34.5 Å². The lowest BCUT2D eigenvalue weighted by atomic mass is 9.45. The van der Waals surface area contributed by atoms with E-state index in [1.807, 2.05) is 0 Å². The molecule has 0 heterocycles. The van der Waals surface area contributed by atoms with Crippen LogP contribution in [0.2, 0.25) is 0 Å². The second-order valence-electron chi connectivity index (χ2n) is 11.2. The Morgan fingerprint density at radius 1 is 0.968 bits per heavy atom. The predicted molar refractivity (Wildman–Crippen MR) is 124 cm³/mol. The second-order valence-corrected chi connectivity index (χ2v) is 11.2. The number of hydrogen-bond donors (Lipinski definition) is 0. The highest BCUT2D eigenvalue weighted by molar-refractivity contribution is 5.67. The monoisotopic (exact) mass is 422 g/mol. The first-order chi connectivity index (χ1) is 14.8. The maximum Gasteiger partial charge on any atom is 0.302 e. The van der Waals surface area contributed by atoms with Crippen LogP contribution in [-0.2, 0) is 9.53 Å². The van der Waals surface area contributed by atoms with E-state index in [0.29, 0.717) is 5.41 Å². The van der Waals surface area contributed by atoms with Crippen molar-refractivity contribution in [1.82, 2.24) is 0 Å². The van der Waals surface area contributed by atoms with E-state index < -0.39 is 0 Å². The highest BCUT2D eigenvalue weighted by atomic mass is 16.5. The largest absolute Gasteiger partial charge is 0.497 e. The maximum atomic E-state index is 11.7. The van der Waals surface area contributed by atoms with E-state index in [2.05, 4.69) is 44.2 Å². The summed E-state index contributed by atoms with van der Waals surface area (Å²) in [6.45, 7) is 6.59. The molecular weight excluding hydrogens is 384 g/mol. The molecule has 4 aliphatic rings. The summed E-state index contributed by atoms with van der Waals surface area (Å²) in [7, 11) is 1.73. The van der Waals surface area contributed by atoms with E-state index in [0.717, 1.165) is 35.8 Å². The van der Waals surface area contributed by atoms with Crippen LogP contribution in [0.1, 0.15) is 77.7 Å². The number of allylic oxidation sites excluding steroid dienone is 2. The van der Waals surface area contributed by atoms with Gasteiger partial charge in [-0.25, -0.2) is 0 Å². The number of carbonyl (C=O) groups is 1. The minimum absolute atomic E-state index is 0.104. The molecule has 1 aromatic carbocycles. The van der Waals surface area contributed by atoms with Crippen LogP contribution < -0.4 is 4.74 Å². The fourth-order valence-electron chi connectivity index (χ4n) is 8.27. The number of esters is 1. The Hall–Kier alpha value is -1.77. The molecule has 7 atom stereocenters. The minimum atomic E-state index is -0.104. The van der Waals surface area contributed by atoms with Crippen molar-refractivity contribution in [2.45, 2.75) is 78.2 Å². The van der Waals surface area contributed by atoms with Gasteiger partial charge < -0.3 is 9.47 Å². The van der Waals surface area contributed by atoms with Crippen molar-refractivity contribution in [3.05, 3.63) is 35.9 Å². The van der Waals surface area contributed by atoms with Gasteiger partial charge in [-0.1, -0.05) is 32.1 Å². The lowest BCUT2D eigenvalue weighted by molar-refractivity contribution is -0.159. The normalized spacial score (nSPS) is 41.4. The topological polar surface area (TPSA) is 35.5 Å². The third-order valence-electron chi connectivity index (χ3n) is 10.0. The summed E-state index contributed by atoms with van der Waals surface area (Å²) >= 11 is 0. The van der Waals surface area contributed by atoms with Gasteiger partial charge in [-0.3, -0.25) is 4.79 Å². The number of ether oxygens (including phenoxy) is 2. The molecule has 31 heavy (non-hydrogen) atoms. The highest BCUT2D eigenvalue weighted by Gasteiger charge is 2.60. The zero-order chi connectivity index (χ0) is 21.8. The molecule has 0 radical (unpaired) electrons. The van der Waals surface area contributed by atoms with Crippen molar-refractivity contribution in [2.24, 2.45) is 34.5 Å². The summed E-state index contributed by atoms with van der Waals surface area (Å²) in [5, 5.41) is 0. The molecule has 168 valence electrons. The van der Waals surface area contributed by atoms with Crippen molar-refractivity contribution in [3.8, 4) is 5.75 Å². The first-order valence-electron chi connectivity index (χ1n) is 12.4. The molecule has 0 saturated heterocycles. The van der Waals surface area contributed by atoms with Crippen LogP contribution in [0.5, 0.6) is 5.75 Å². The first kappa shape index (κ1) is 21.1. The van der Waals surface area contributed by atoms with Crippen LogP contribution >= 0.6 is 0 Å². The molecule has 0 unspecified atom stereocenters. The number of hydrogen-bond acceptors (Lipinski definition) is 3. The Morgan fingerprint density at radius 2 is 1.71 bits per heavy atom. The third kappa shape index (κ3) is 3.34. The molecule has 3 saturated carbocycles. The molecule has 0 N–H and O–H groups in total.